The molecule has 1 saturated heterocycles. The second kappa shape index (κ2) is 5.50. The van der Waals surface area contributed by atoms with Crippen LogP contribution >= 0.6 is 0 Å². The summed E-state index contributed by atoms with van der Waals surface area (Å²) in [6.07, 6.45) is 0.697. The number of hydrogen-bond acceptors (Lipinski definition) is 5. The number of benzene rings is 1. The Morgan fingerprint density at radius 2 is 2.11 bits per heavy atom. The van der Waals surface area contributed by atoms with Crippen LogP contribution in [0.3, 0.4) is 0 Å². The lowest BCUT2D eigenvalue weighted by atomic mass is 10.0. The second-order valence-electron chi connectivity index (χ2n) is 4.75. The molecular weight excluding hydrogens is 242 g/mol. The average Bonchev–Trinajstić information content (AvgIpc) is 3.07. The van der Waals surface area contributed by atoms with Crippen LogP contribution in [0.15, 0.2) is 34.9 Å². The topological polar surface area (TPSA) is 60.2 Å². The molecule has 100 valence electrons. The highest BCUT2D eigenvalue weighted by Gasteiger charge is 2.32. The molecule has 0 bridgehead atoms. The first-order chi connectivity index (χ1) is 9.36. The van der Waals surface area contributed by atoms with Gasteiger partial charge in [0, 0.05) is 12.5 Å². The Balaban J connectivity index is 1.73. The summed E-state index contributed by atoms with van der Waals surface area (Å²) in [5.74, 6) is 1.55. The standard InChI is InChI=1S/C14H17N3O2/c1-15-12-9-18-8-11(12)14-16-13(17-19-14)7-10-5-3-2-4-6-10/h2-6,11-12,15H,7-9H2,1H3. The van der Waals surface area contributed by atoms with Crippen molar-refractivity contribution in [1.82, 2.24) is 15.5 Å². The number of likely N-dealkylation sites (N-methyl/N-ethyl adjacent to an activating group) is 1. The minimum Gasteiger partial charge on any atom is -0.379 e. The van der Waals surface area contributed by atoms with Gasteiger partial charge < -0.3 is 14.6 Å². The first-order valence-corrected chi connectivity index (χ1v) is 6.48. The van der Waals surface area contributed by atoms with Crippen molar-refractivity contribution in [2.45, 2.75) is 18.4 Å². The molecule has 2 aromatic rings. The van der Waals surface area contributed by atoms with Crippen LogP contribution in [0.25, 0.3) is 0 Å². The Hall–Kier alpha value is -1.72. The number of nitrogens with zero attached hydrogens (tertiary/aromatic N) is 2. The van der Waals surface area contributed by atoms with Crippen LogP contribution in [0.2, 0.25) is 0 Å². The number of ether oxygens (including phenoxy) is 1. The van der Waals surface area contributed by atoms with Gasteiger partial charge in [0.05, 0.1) is 19.1 Å². The fraction of sp³-hybridized carbons (Fsp3) is 0.429. The van der Waals surface area contributed by atoms with Crippen molar-refractivity contribution in [3.8, 4) is 0 Å². The molecule has 0 saturated carbocycles. The first kappa shape index (κ1) is 12.3. The summed E-state index contributed by atoms with van der Waals surface area (Å²) in [7, 11) is 1.92. The number of nitrogens with one attached hydrogen (secondary N) is 1. The predicted octanol–water partition coefficient (Wildman–Crippen LogP) is 1.36. The molecule has 0 amide bonds. The largest absolute Gasteiger partial charge is 0.379 e. The number of rotatable bonds is 4. The molecule has 1 aliphatic rings. The zero-order valence-corrected chi connectivity index (χ0v) is 10.9. The number of aromatic nitrogens is 2. The molecule has 2 atom stereocenters. The summed E-state index contributed by atoms with van der Waals surface area (Å²) in [6, 6.07) is 10.4. The van der Waals surface area contributed by atoms with Crippen molar-refractivity contribution in [1.29, 1.82) is 0 Å². The summed E-state index contributed by atoms with van der Waals surface area (Å²) in [5.41, 5.74) is 1.18. The molecule has 2 heterocycles. The third-order valence-corrected chi connectivity index (χ3v) is 3.46. The molecule has 5 heteroatoms. The molecule has 19 heavy (non-hydrogen) atoms. The van der Waals surface area contributed by atoms with E-state index >= 15 is 0 Å². The van der Waals surface area contributed by atoms with Crippen molar-refractivity contribution in [2.24, 2.45) is 0 Å². The van der Waals surface area contributed by atoms with Crippen molar-refractivity contribution in [2.75, 3.05) is 20.3 Å². The zero-order chi connectivity index (χ0) is 13.1. The highest BCUT2D eigenvalue weighted by atomic mass is 16.5. The molecule has 1 aromatic heterocycles. The van der Waals surface area contributed by atoms with Crippen LogP contribution in [0.1, 0.15) is 23.2 Å². The highest BCUT2D eigenvalue weighted by molar-refractivity contribution is 5.18. The van der Waals surface area contributed by atoms with Crippen LogP contribution in [-0.4, -0.2) is 36.4 Å². The highest BCUT2D eigenvalue weighted by Crippen LogP contribution is 2.24. The Labute approximate surface area is 112 Å². The minimum atomic E-state index is 0.155. The molecule has 1 aromatic carbocycles. The predicted molar refractivity (Wildman–Crippen MR) is 70.0 cm³/mol. The molecule has 5 nitrogen and oxygen atoms in total. The van der Waals surface area contributed by atoms with E-state index in [1.54, 1.807) is 0 Å². The maximum atomic E-state index is 5.45. The molecule has 0 radical (unpaired) electrons. The van der Waals surface area contributed by atoms with E-state index < -0.39 is 0 Å². The molecule has 0 aliphatic carbocycles. The van der Waals surface area contributed by atoms with Gasteiger partial charge in [0.25, 0.3) is 0 Å². The minimum absolute atomic E-state index is 0.155. The first-order valence-electron chi connectivity index (χ1n) is 6.48. The second-order valence-corrected chi connectivity index (χ2v) is 4.75. The van der Waals surface area contributed by atoms with Crippen molar-refractivity contribution in [3.05, 3.63) is 47.6 Å². The van der Waals surface area contributed by atoms with E-state index in [4.69, 9.17) is 9.26 Å². The van der Waals surface area contributed by atoms with Gasteiger partial charge in [-0.3, -0.25) is 0 Å². The van der Waals surface area contributed by atoms with Gasteiger partial charge in [-0.2, -0.15) is 4.98 Å². The summed E-state index contributed by atoms with van der Waals surface area (Å²) in [4.78, 5) is 4.49. The third-order valence-electron chi connectivity index (χ3n) is 3.46. The van der Waals surface area contributed by atoms with Gasteiger partial charge >= 0.3 is 0 Å². The fourth-order valence-electron chi connectivity index (χ4n) is 2.35. The lowest BCUT2D eigenvalue weighted by Gasteiger charge is -2.11. The molecule has 0 spiro atoms. The van der Waals surface area contributed by atoms with Crippen LogP contribution < -0.4 is 5.32 Å². The quantitative estimate of drug-likeness (QED) is 0.898. The Morgan fingerprint density at radius 1 is 1.26 bits per heavy atom. The third kappa shape index (κ3) is 2.67. The van der Waals surface area contributed by atoms with Crippen LogP contribution in [0, 0.1) is 0 Å². The maximum absolute atomic E-state index is 5.45. The lowest BCUT2D eigenvalue weighted by molar-refractivity contribution is 0.185. The van der Waals surface area contributed by atoms with Crippen molar-refractivity contribution >= 4 is 0 Å². The maximum Gasteiger partial charge on any atom is 0.233 e. The Morgan fingerprint density at radius 3 is 2.89 bits per heavy atom. The summed E-state index contributed by atoms with van der Waals surface area (Å²) in [6.45, 7) is 1.33. The SMILES string of the molecule is CNC1COCC1c1nc(Cc2ccccc2)no1. The summed E-state index contributed by atoms with van der Waals surface area (Å²) >= 11 is 0. The van der Waals surface area contributed by atoms with Gasteiger partial charge in [-0.05, 0) is 12.6 Å². The zero-order valence-electron chi connectivity index (χ0n) is 10.9. The van der Waals surface area contributed by atoms with E-state index in [0.717, 1.165) is 5.82 Å². The lowest BCUT2D eigenvalue weighted by Crippen LogP contribution is -2.31. The van der Waals surface area contributed by atoms with Gasteiger partial charge in [-0.25, -0.2) is 0 Å². The Kier molecular flexibility index (Phi) is 3.57. The molecule has 2 unspecified atom stereocenters. The van der Waals surface area contributed by atoms with Gasteiger partial charge in [0.2, 0.25) is 5.89 Å². The van der Waals surface area contributed by atoms with Crippen molar-refractivity contribution in [3.63, 3.8) is 0 Å². The van der Waals surface area contributed by atoms with E-state index in [-0.39, 0.29) is 12.0 Å². The van der Waals surface area contributed by atoms with Crippen LogP contribution in [0.5, 0.6) is 0 Å². The van der Waals surface area contributed by atoms with Gasteiger partial charge in [0.15, 0.2) is 5.82 Å². The van der Waals surface area contributed by atoms with E-state index in [2.05, 4.69) is 27.6 Å². The number of hydrogen-bond donors (Lipinski definition) is 1. The van der Waals surface area contributed by atoms with Crippen LogP contribution in [0.4, 0.5) is 0 Å². The molecule has 1 N–H and O–H groups in total. The van der Waals surface area contributed by atoms with Crippen LogP contribution in [-0.2, 0) is 11.2 Å². The average molecular weight is 259 g/mol. The van der Waals surface area contributed by atoms with Crippen molar-refractivity contribution < 1.29 is 9.26 Å². The Bertz CT molecular complexity index is 526. The van der Waals surface area contributed by atoms with E-state index in [1.807, 2.05) is 25.2 Å². The molecule has 1 fully saturated rings. The molecule has 3 rings (SSSR count). The van der Waals surface area contributed by atoms with Gasteiger partial charge in [-0.1, -0.05) is 35.5 Å². The normalized spacial score (nSPS) is 22.8. The van der Waals surface area contributed by atoms with E-state index in [1.165, 1.54) is 5.56 Å². The monoisotopic (exact) mass is 259 g/mol. The van der Waals surface area contributed by atoms with E-state index in [9.17, 15) is 0 Å². The van der Waals surface area contributed by atoms with Gasteiger partial charge in [0.1, 0.15) is 0 Å². The fourth-order valence-corrected chi connectivity index (χ4v) is 2.35. The molecular formula is C14H17N3O2. The summed E-state index contributed by atoms with van der Waals surface area (Å²) in [5, 5.41) is 7.27. The summed E-state index contributed by atoms with van der Waals surface area (Å²) < 4.78 is 10.8. The van der Waals surface area contributed by atoms with E-state index in [0.29, 0.717) is 25.5 Å². The molecule has 1 aliphatic heterocycles. The smallest absolute Gasteiger partial charge is 0.233 e. The van der Waals surface area contributed by atoms with Gasteiger partial charge in [-0.15, -0.1) is 0 Å².